The highest BCUT2D eigenvalue weighted by atomic mass is 16.3. The fourth-order valence-corrected chi connectivity index (χ4v) is 2.08. The minimum atomic E-state index is 0.856. The van der Waals surface area contributed by atoms with Crippen molar-refractivity contribution in [3.63, 3.8) is 0 Å². The van der Waals surface area contributed by atoms with Crippen molar-refractivity contribution in [1.29, 1.82) is 0 Å². The van der Waals surface area contributed by atoms with Gasteiger partial charge in [0.15, 0.2) is 0 Å². The first-order chi connectivity index (χ1) is 8.31. The molecule has 0 aliphatic heterocycles. The van der Waals surface area contributed by atoms with Crippen LogP contribution in [0, 0.1) is 6.92 Å². The minimum Gasteiger partial charge on any atom is -0.461 e. The largest absolute Gasteiger partial charge is 0.461 e. The van der Waals surface area contributed by atoms with Crippen LogP contribution in [0.2, 0.25) is 0 Å². The first-order valence-corrected chi connectivity index (χ1v) is 5.84. The van der Waals surface area contributed by atoms with E-state index in [-0.39, 0.29) is 0 Å². The lowest BCUT2D eigenvalue weighted by Gasteiger charge is -1.96. The number of furan rings is 1. The van der Waals surface area contributed by atoms with Gasteiger partial charge in [-0.3, -0.25) is 0 Å². The molecule has 0 radical (unpaired) electrons. The molecule has 0 saturated heterocycles. The predicted octanol–water partition coefficient (Wildman–Crippen LogP) is 4.33. The highest BCUT2D eigenvalue weighted by Crippen LogP contribution is 2.22. The van der Waals surface area contributed by atoms with E-state index in [9.17, 15) is 0 Å². The number of rotatable bonds is 2. The van der Waals surface area contributed by atoms with Gasteiger partial charge in [0.25, 0.3) is 0 Å². The van der Waals surface area contributed by atoms with Crippen LogP contribution >= 0.6 is 0 Å². The second kappa shape index (κ2) is 4.10. The Morgan fingerprint density at radius 2 is 1.76 bits per heavy atom. The summed E-state index contributed by atoms with van der Waals surface area (Å²) in [5.74, 6) is 1.02. The van der Waals surface area contributed by atoms with Crippen LogP contribution < -0.4 is 0 Å². The summed E-state index contributed by atoms with van der Waals surface area (Å²) in [5.41, 5.74) is 3.50. The van der Waals surface area contributed by atoms with Crippen LogP contribution in [0.25, 0.3) is 11.0 Å². The van der Waals surface area contributed by atoms with Crippen LogP contribution in [0.5, 0.6) is 0 Å². The van der Waals surface area contributed by atoms with Crippen molar-refractivity contribution in [2.45, 2.75) is 13.3 Å². The summed E-state index contributed by atoms with van der Waals surface area (Å²) in [6.45, 7) is 2.08. The first-order valence-electron chi connectivity index (χ1n) is 5.84. The average molecular weight is 222 g/mol. The Balaban J connectivity index is 1.96. The molecule has 0 atom stereocenters. The standard InChI is InChI=1S/C16H14O/c1-12-7-8-14-11-15(17-16(14)9-12)10-13-5-3-2-4-6-13/h2-9,11H,10H2,1H3. The number of fused-ring (bicyclic) bond motifs is 1. The minimum absolute atomic E-state index is 0.856. The monoisotopic (exact) mass is 222 g/mol. The van der Waals surface area contributed by atoms with E-state index in [1.54, 1.807) is 0 Å². The topological polar surface area (TPSA) is 13.1 Å². The van der Waals surface area contributed by atoms with Crippen LogP contribution in [-0.2, 0) is 6.42 Å². The molecule has 3 rings (SSSR count). The molecule has 1 heterocycles. The molecule has 0 spiro atoms. The number of benzene rings is 2. The van der Waals surface area contributed by atoms with Gasteiger partial charge in [0.05, 0.1) is 0 Å². The van der Waals surface area contributed by atoms with Gasteiger partial charge in [0.1, 0.15) is 11.3 Å². The quantitative estimate of drug-likeness (QED) is 0.629. The zero-order chi connectivity index (χ0) is 11.7. The zero-order valence-electron chi connectivity index (χ0n) is 9.81. The Bertz CT molecular complexity index is 635. The summed E-state index contributed by atoms with van der Waals surface area (Å²) < 4.78 is 5.85. The molecule has 0 N–H and O–H groups in total. The van der Waals surface area contributed by atoms with Crippen LogP contribution in [-0.4, -0.2) is 0 Å². The second-order valence-corrected chi connectivity index (χ2v) is 4.42. The van der Waals surface area contributed by atoms with E-state index in [4.69, 9.17) is 4.42 Å². The van der Waals surface area contributed by atoms with Gasteiger partial charge in [-0.1, -0.05) is 42.5 Å². The average Bonchev–Trinajstić information content (AvgIpc) is 2.71. The van der Waals surface area contributed by atoms with Crippen molar-refractivity contribution in [3.05, 3.63) is 71.5 Å². The van der Waals surface area contributed by atoms with Crippen LogP contribution in [0.15, 0.2) is 59.0 Å². The van der Waals surface area contributed by atoms with Crippen LogP contribution in [0.1, 0.15) is 16.9 Å². The Labute approximate surface area is 101 Å². The van der Waals surface area contributed by atoms with E-state index in [1.807, 2.05) is 6.07 Å². The predicted molar refractivity (Wildman–Crippen MR) is 70.2 cm³/mol. The van der Waals surface area contributed by atoms with E-state index in [0.29, 0.717) is 0 Å². The normalized spacial score (nSPS) is 10.9. The van der Waals surface area contributed by atoms with Crippen molar-refractivity contribution < 1.29 is 4.42 Å². The third-order valence-electron chi connectivity index (χ3n) is 2.95. The SMILES string of the molecule is Cc1ccc2cc(Cc3ccccc3)oc2c1. The molecule has 2 aromatic carbocycles. The summed E-state index contributed by atoms with van der Waals surface area (Å²) in [6.07, 6.45) is 0.856. The Morgan fingerprint density at radius 3 is 2.59 bits per heavy atom. The van der Waals surface area contributed by atoms with Crippen molar-refractivity contribution in [2.75, 3.05) is 0 Å². The highest BCUT2D eigenvalue weighted by Gasteiger charge is 2.04. The third-order valence-corrected chi connectivity index (χ3v) is 2.95. The lowest BCUT2D eigenvalue weighted by molar-refractivity contribution is 0.562. The summed E-state index contributed by atoms with van der Waals surface area (Å²) in [6, 6.07) is 18.8. The molecule has 0 bridgehead atoms. The second-order valence-electron chi connectivity index (χ2n) is 4.42. The Kier molecular flexibility index (Phi) is 2.45. The van der Waals surface area contributed by atoms with Crippen LogP contribution in [0.3, 0.4) is 0 Å². The molecule has 0 amide bonds. The maximum absolute atomic E-state index is 5.85. The van der Waals surface area contributed by atoms with Gasteiger partial charge >= 0.3 is 0 Å². The fourth-order valence-electron chi connectivity index (χ4n) is 2.08. The van der Waals surface area contributed by atoms with E-state index in [0.717, 1.165) is 17.8 Å². The molecule has 1 heteroatoms. The molecular weight excluding hydrogens is 208 g/mol. The molecule has 1 nitrogen and oxygen atoms in total. The summed E-state index contributed by atoms with van der Waals surface area (Å²) >= 11 is 0. The zero-order valence-corrected chi connectivity index (χ0v) is 9.81. The molecule has 17 heavy (non-hydrogen) atoms. The van der Waals surface area contributed by atoms with Gasteiger partial charge in [-0.15, -0.1) is 0 Å². The van der Waals surface area contributed by atoms with Crippen molar-refractivity contribution in [3.8, 4) is 0 Å². The van der Waals surface area contributed by atoms with Gasteiger partial charge in [-0.2, -0.15) is 0 Å². The third kappa shape index (κ3) is 2.09. The molecule has 0 saturated carbocycles. The molecule has 84 valence electrons. The summed E-state index contributed by atoms with van der Waals surface area (Å²) in [4.78, 5) is 0. The highest BCUT2D eigenvalue weighted by molar-refractivity contribution is 5.78. The first kappa shape index (κ1) is 10.2. The molecule has 1 aromatic heterocycles. The maximum atomic E-state index is 5.85. The molecule has 0 fully saturated rings. The van der Waals surface area contributed by atoms with Gasteiger partial charge < -0.3 is 4.42 Å². The van der Waals surface area contributed by atoms with E-state index in [1.165, 1.54) is 16.5 Å². The van der Waals surface area contributed by atoms with Crippen molar-refractivity contribution in [2.24, 2.45) is 0 Å². The van der Waals surface area contributed by atoms with Crippen molar-refractivity contribution in [1.82, 2.24) is 0 Å². The Morgan fingerprint density at radius 1 is 0.941 bits per heavy atom. The fraction of sp³-hybridized carbons (Fsp3) is 0.125. The lowest BCUT2D eigenvalue weighted by Crippen LogP contribution is -1.83. The van der Waals surface area contributed by atoms with Gasteiger partial charge in [0.2, 0.25) is 0 Å². The van der Waals surface area contributed by atoms with Crippen LogP contribution in [0.4, 0.5) is 0 Å². The maximum Gasteiger partial charge on any atom is 0.134 e. The van der Waals surface area contributed by atoms with E-state index >= 15 is 0 Å². The molecule has 3 aromatic rings. The van der Waals surface area contributed by atoms with E-state index < -0.39 is 0 Å². The summed E-state index contributed by atoms with van der Waals surface area (Å²) in [7, 11) is 0. The number of hydrogen-bond donors (Lipinski definition) is 0. The van der Waals surface area contributed by atoms with Gasteiger partial charge in [0, 0.05) is 11.8 Å². The molecular formula is C16H14O. The van der Waals surface area contributed by atoms with Crippen molar-refractivity contribution >= 4 is 11.0 Å². The smallest absolute Gasteiger partial charge is 0.134 e. The van der Waals surface area contributed by atoms with Gasteiger partial charge in [-0.25, -0.2) is 0 Å². The number of aryl methyl sites for hydroxylation is 1. The Hall–Kier alpha value is -2.02. The number of hydrogen-bond acceptors (Lipinski definition) is 1. The molecule has 0 aliphatic rings. The molecule has 0 aliphatic carbocycles. The molecule has 0 unspecified atom stereocenters. The van der Waals surface area contributed by atoms with Gasteiger partial charge in [-0.05, 0) is 30.2 Å². The summed E-state index contributed by atoms with van der Waals surface area (Å²) in [5, 5.41) is 1.18. The lowest BCUT2D eigenvalue weighted by atomic mass is 10.1. The van der Waals surface area contributed by atoms with E-state index in [2.05, 4.69) is 55.5 Å².